The van der Waals surface area contributed by atoms with Gasteiger partial charge in [0, 0.05) is 66.3 Å². The van der Waals surface area contributed by atoms with E-state index in [9.17, 15) is 14.0 Å². The topological polar surface area (TPSA) is 111 Å². The number of benzene rings is 3. The fourth-order valence-electron chi connectivity index (χ4n) is 6.53. The number of aromatic nitrogens is 2. The SMILES string of the molecule is COc1ccc(CNC(=O)C(c2c[nH]c3ccc(F)cc23)C(NC(C)=O)(c2c[nH]c3ccccc23)N2CC=CCC2)cc1OC. The van der Waals surface area contributed by atoms with Crippen LogP contribution >= 0.6 is 0 Å². The number of halogens is 1. The molecule has 5 aromatic rings. The molecule has 0 fully saturated rings. The average molecular weight is 610 g/mol. The largest absolute Gasteiger partial charge is 0.493 e. The Bertz CT molecular complexity index is 1900. The van der Waals surface area contributed by atoms with Crippen molar-refractivity contribution in [3.63, 3.8) is 0 Å². The molecule has 10 heteroatoms. The van der Waals surface area contributed by atoms with E-state index >= 15 is 0 Å². The zero-order valence-corrected chi connectivity index (χ0v) is 25.4. The predicted octanol–water partition coefficient (Wildman–Crippen LogP) is 5.46. The van der Waals surface area contributed by atoms with E-state index in [-0.39, 0.29) is 18.4 Å². The van der Waals surface area contributed by atoms with Crippen molar-refractivity contribution in [3.8, 4) is 11.5 Å². The number of rotatable bonds is 10. The molecule has 232 valence electrons. The number of para-hydroxylation sites is 1. The van der Waals surface area contributed by atoms with Crippen molar-refractivity contribution >= 4 is 33.6 Å². The van der Waals surface area contributed by atoms with Crippen LogP contribution in [0.3, 0.4) is 0 Å². The van der Waals surface area contributed by atoms with Crippen LogP contribution in [0.25, 0.3) is 21.8 Å². The zero-order valence-electron chi connectivity index (χ0n) is 25.4. The molecule has 9 nitrogen and oxygen atoms in total. The summed E-state index contributed by atoms with van der Waals surface area (Å²) in [5.41, 5.74) is 2.27. The van der Waals surface area contributed by atoms with Crippen LogP contribution < -0.4 is 20.1 Å². The highest BCUT2D eigenvalue weighted by Crippen LogP contribution is 2.46. The van der Waals surface area contributed by atoms with Crippen LogP contribution in [0.2, 0.25) is 0 Å². The van der Waals surface area contributed by atoms with Crippen molar-refractivity contribution in [2.24, 2.45) is 0 Å². The molecule has 3 heterocycles. The minimum absolute atomic E-state index is 0.177. The monoisotopic (exact) mass is 609 g/mol. The number of hydrogen-bond donors (Lipinski definition) is 4. The summed E-state index contributed by atoms with van der Waals surface area (Å²) >= 11 is 0. The fourth-order valence-corrected chi connectivity index (χ4v) is 6.53. The third-order valence-electron chi connectivity index (χ3n) is 8.50. The first-order valence-corrected chi connectivity index (χ1v) is 14.9. The van der Waals surface area contributed by atoms with Gasteiger partial charge < -0.3 is 30.1 Å². The summed E-state index contributed by atoms with van der Waals surface area (Å²) in [5.74, 6) is -0.969. The van der Waals surface area contributed by atoms with Crippen molar-refractivity contribution in [2.75, 3.05) is 27.3 Å². The number of hydrogen-bond acceptors (Lipinski definition) is 5. The molecule has 1 aliphatic heterocycles. The van der Waals surface area contributed by atoms with E-state index in [0.717, 1.165) is 28.5 Å². The second kappa shape index (κ2) is 12.5. The number of amides is 2. The van der Waals surface area contributed by atoms with Gasteiger partial charge in [-0.2, -0.15) is 0 Å². The summed E-state index contributed by atoms with van der Waals surface area (Å²) in [4.78, 5) is 36.8. The molecular formula is C35H36FN5O4. The van der Waals surface area contributed by atoms with Crippen molar-refractivity contribution in [1.29, 1.82) is 0 Å². The Balaban J connectivity index is 1.57. The Hall–Kier alpha value is -5.09. The molecule has 2 atom stereocenters. The summed E-state index contributed by atoms with van der Waals surface area (Å²) in [5, 5.41) is 7.82. The molecule has 0 saturated heterocycles. The zero-order chi connectivity index (χ0) is 31.6. The van der Waals surface area contributed by atoms with Crippen LogP contribution in [-0.4, -0.2) is 54.0 Å². The van der Waals surface area contributed by atoms with Gasteiger partial charge in [-0.3, -0.25) is 14.5 Å². The Morgan fingerprint density at radius 1 is 0.956 bits per heavy atom. The number of carbonyl (C=O) groups is 2. The number of H-pyrrole nitrogens is 2. The third-order valence-corrected chi connectivity index (χ3v) is 8.50. The molecule has 2 aromatic heterocycles. The molecule has 45 heavy (non-hydrogen) atoms. The van der Waals surface area contributed by atoms with Crippen LogP contribution in [0, 0.1) is 5.82 Å². The van der Waals surface area contributed by atoms with E-state index in [0.29, 0.717) is 41.1 Å². The quantitative estimate of drug-likeness (QED) is 0.157. The molecule has 1 aliphatic rings. The Labute approximate surface area is 260 Å². The summed E-state index contributed by atoms with van der Waals surface area (Å²) in [6.07, 6.45) is 8.48. The van der Waals surface area contributed by atoms with Gasteiger partial charge in [0.15, 0.2) is 11.5 Å². The first-order chi connectivity index (χ1) is 21.8. The lowest BCUT2D eigenvalue weighted by atomic mass is 9.77. The highest BCUT2D eigenvalue weighted by atomic mass is 19.1. The van der Waals surface area contributed by atoms with Crippen molar-refractivity contribution < 1.29 is 23.5 Å². The van der Waals surface area contributed by atoms with Crippen molar-refractivity contribution in [3.05, 3.63) is 108 Å². The first kappa shape index (κ1) is 30.0. The predicted molar refractivity (Wildman–Crippen MR) is 172 cm³/mol. The van der Waals surface area contributed by atoms with Crippen LogP contribution in [0.5, 0.6) is 11.5 Å². The fraction of sp³-hybridized carbons (Fsp3) is 0.257. The molecule has 0 radical (unpaired) electrons. The maximum atomic E-state index is 14.8. The number of fused-ring (bicyclic) bond motifs is 2. The van der Waals surface area contributed by atoms with Gasteiger partial charge in [-0.1, -0.05) is 36.4 Å². The van der Waals surface area contributed by atoms with Gasteiger partial charge >= 0.3 is 0 Å². The number of ether oxygens (including phenoxy) is 2. The minimum atomic E-state index is -1.36. The summed E-state index contributed by atoms with van der Waals surface area (Å²) in [6.45, 7) is 2.69. The van der Waals surface area contributed by atoms with Crippen LogP contribution in [-0.2, 0) is 21.8 Å². The van der Waals surface area contributed by atoms with Crippen LogP contribution in [0.1, 0.15) is 36.0 Å². The number of methoxy groups -OCH3 is 2. The van der Waals surface area contributed by atoms with Gasteiger partial charge in [0.1, 0.15) is 17.4 Å². The lowest BCUT2D eigenvalue weighted by Gasteiger charge is -2.49. The van der Waals surface area contributed by atoms with Crippen LogP contribution in [0.15, 0.2) is 85.2 Å². The maximum absolute atomic E-state index is 14.8. The normalized spacial score (nSPS) is 15.5. The smallest absolute Gasteiger partial charge is 0.232 e. The van der Waals surface area contributed by atoms with E-state index in [1.54, 1.807) is 32.5 Å². The van der Waals surface area contributed by atoms with Crippen LogP contribution in [0.4, 0.5) is 4.39 Å². The van der Waals surface area contributed by atoms with Gasteiger partial charge in [0.05, 0.1) is 14.2 Å². The van der Waals surface area contributed by atoms with Crippen molar-refractivity contribution in [1.82, 2.24) is 25.5 Å². The minimum Gasteiger partial charge on any atom is -0.493 e. The van der Waals surface area contributed by atoms with E-state index in [1.165, 1.54) is 19.1 Å². The molecule has 3 aromatic carbocycles. The Morgan fingerprint density at radius 3 is 2.49 bits per heavy atom. The average Bonchev–Trinajstić information content (AvgIpc) is 3.68. The molecular weight excluding hydrogens is 573 g/mol. The first-order valence-electron chi connectivity index (χ1n) is 14.9. The van der Waals surface area contributed by atoms with E-state index in [4.69, 9.17) is 9.47 Å². The van der Waals surface area contributed by atoms with E-state index in [1.807, 2.05) is 48.7 Å². The molecule has 4 N–H and O–H groups in total. The van der Waals surface area contributed by atoms with Gasteiger partial charge in [0.2, 0.25) is 11.8 Å². The number of carbonyl (C=O) groups excluding carboxylic acids is 2. The molecule has 0 bridgehead atoms. The highest BCUT2D eigenvalue weighted by Gasteiger charge is 2.52. The number of nitrogens with one attached hydrogen (secondary N) is 4. The van der Waals surface area contributed by atoms with Gasteiger partial charge in [-0.15, -0.1) is 0 Å². The molecule has 2 amide bonds. The molecule has 6 rings (SSSR count). The summed E-state index contributed by atoms with van der Waals surface area (Å²) < 4.78 is 25.6. The lowest BCUT2D eigenvalue weighted by molar-refractivity contribution is -0.132. The van der Waals surface area contributed by atoms with Crippen molar-refractivity contribution in [2.45, 2.75) is 31.5 Å². The lowest BCUT2D eigenvalue weighted by Crippen LogP contribution is -2.64. The number of aromatic amines is 2. The number of nitrogens with zero attached hydrogens (tertiary/aromatic N) is 1. The van der Waals surface area contributed by atoms with Gasteiger partial charge in [0.25, 0.3) is 0 Å². The van der Waals surface area contributed by atoms with E-state index < -0.39 is 17.4 Å². The van der Waals surface area contributed by atoms with E-state index in [2.05, 4.69) is 31.6 Å². The van der Waals surface area contributed by atoms with Gasteiger partial charge in [-0.25, -0.2) is 4.39 Å². The molecule has 0 spiro atoms. The highest BCUT2D eigenvalue weighted by molar-refractivity contribution is 5.95. The van der Waals surface area contributed by atoms with Gasteiger partial charge in [-0.05, 0) is 53.9 Å². The second-order valence-electron chi connectivity index (χ2n) is 11.2. The maximum Gasteiger partial charge on any atom is 0.232 e. The molecule has 2 unspecified atom stereocenters. The molecule has 0 aliphatic carbocycles. The Morgan fingerprint density at radius 2 is 1.73 bits per heavy atom. The molecule has 0 saturated carbocycles. The standard InChI is InChI=1S/C35H36FN5O4/c1-22(42)40-35(41-15-7-4-8-16-41,28-21-38-29-10-6-5-9-25(28)29)33(27-20-37-30-13-12-24(36)18-26(27)30)34(43)39-19-23-11-14-31(44-2)32(17-23)45-3/h4-7,9-14,17-18,20-21,33,37-38H,8,15-16,19H2,1-3H3,(H,39,43)(H,40,42). The Kier molecular flexibility index (Phi) is 8.32. The third kappa shape index (κ3) is 5.53. The second-order valence-corrected chi connectivity index (χ2v) is 11.2. The summed E-state index contributed by atoms with van der Waals surface area (Å²) in [7, 11) is 3.12. The summed E-state index contributed by atoms with van der Waals surface area (Å²) in [6, 6.07) is 17.7.